The summed E-state index contributed by atoms with van der Waals surface area (Å²) in [6.07, 6.45) is -0.844. The smallest absolute Gasteiger partial charge is 0.433 e. The first-order valence-electron chi connectivity index (χ1n) is 5.62. The van der Waals surface area contributed by atoms with Gasteiger partial charge in [0.1, 0.15) is 0 Å². The molecular weight excluding hydrogens is 314 g/mol. The maximum Gasteiger partial charge on any atom is 0.433 e. The SMILES string of the molecule is CCOC(=O)/C(=N\C(=O)OC)C(Br)c1ccccc1. The van der Waals surface area contributed by atoms with Crippen LogP contribution < -0.4 is 0 Å². The van der Waals surface area contributed by atoms with Gasteiger partial charge in [-0.15, -0.1) is 0 Å². The Morgan fingerprint density at radius 3 is 2.47 bits per heavy atom. The summed E-state index contributed by atoms with van der Waals surface area (Å²) in [6, 6.07) is 9.12. The Morgan fingerprint density at radius 2 is 1.95 bits per heavy atom. The molecule has 0 spiro atoms. The average molecular weight is 328 g/mol. The Balaban J connectivity index is 3.06. The molecule has 1 aromatic carbocycles. The number of halogens is 1. The first-order valence-corrected chi connectivity index (χ1v) is 6.54. The van der Waals surface area contributed by atoms with Gasteiger partial charge in [0.15, 0.2) is 5.71 Å². The fourth-order valence-corrected chi connectivity index (χ4v) is 1.93. The van der Waals surface area contributed by atoms with E-state index in [9.17, 15) is 9.59 Å². The normalized spacial score (nSPS) is 12.7. The third kappa shape index (κ3) is 4.48. The highest BCUT2D eigenvalue weighted by Gasteiger charge is 2.24. The highest BCUT2D eigenvalue weighted by atomic mass is 79.9. The lowest BCUT2D eigenvalue weighted by atomic mass is 10.1. The van der Waals surface area contributed by atoms with E-state index in [4.69, 9.17) is 4.74 Å². The van der Waals surface area contributed by atoms with Gasteiger partial charge >= 0.3 is 12.1 Å². The number of rotatable bonds is 4. The number of hydrogen-bond acceptors (Lipinski definition) is 4. The van der Waals surface area contributed by atoms with E-state index in [1.165, 1.54) is 7.11 Å². The van der Waals surface area contributed by atoms with Crippen molar-refractivity contribution in [2.24, 2.45) is 4.99 Å². The van der Waals surface area contributed by atoms with Gasteiger partial charge in [0.2, 0.25) is 0 Å². The molecule has 0 aliphatic carbocycles. The molecule has 6 heteroatoms. The molecule has 0 saturated heterocycles. The van der Waals surface area contributed by atoms with Crippen LogP contribution in [0.1, 0.15) is 17.3 Å². The number of alkyl halides is 1. The third-order valence-electron chi connectivity index (χ3n) is 2.20. The molecule has 1 unspecified atom stereocenters. The lowest BCUT2D eigenvalue weighted by Gasteiger charge is -2.12. The molecule has 0 fully saturated rings. The molecular formula is C13H14BrNO4. The minimum Gasteiger partial charge on any atom is -0.461 e. The summed E-state index contributed by atoms with van der Waals surface area (Å²) in [5.41, 5.74) is 0.748. The van der Waals surface area contributed by atoms with Crippen molar-refractivity contribution in [3.63, 3.8) is 0 Å². The fraction of sp³-hybridized carbons (Fsp3) is 0.308. The van der Waals surface area contributed by atoms with E-state index < -0.39 is 16.9 Å². The van der Waals surface area contributed by atoms with Crippen LogP contribution in [-0.2, 0) is 14.3 Å². The van der Waals surface area contributed by atoms with Gasteiger partial charge in [-0.3, -0.25) is 0 Å². The minimum atomic E-state index is -0.844. The number of carbonyl (C=O) groups excluding carboxylic acids is 2. The van der Waals surface area contributed by atoms with Crippen LogP contribution in [0.5, 0.6) is 0 Å². The molecule has 1 aromatic rings. The van der Waals surface area contributed by atoms with Gasteiger partial charge in [0, 0.05) is 0 Å². The van der Waals surface area contributed by atoms with Crippen LogP contribution in [0.3, 0.4) is 0 Å². The Bertz CT molecular complexity index is 473. The number of aliphatic imine (C=N–C) groups is 1. The van der Waals surface area contributed by atoms with Gasteiger partial charge in [-0.2, -0.15) is 4.99 Å². The molecule has 0 aromatic heterocycles. The summed E-state index contributed by atoms with van der Waals surface area (Å²) in [5.74, 6) is -0.654. The van der Waals surface area contributed by atoms with Crippen LogP contribution >= 0.6 is 15.9 Å². The molecule has 1 amide bonds. The lowest BCUT2D eigenvalue weighted by Crippen LogP contribution is -2.23. The van der Waals surface area contributed by atoms with Crippen molar-refractivity contribution < 1.29 is 19.1 Å². The molecule has 0 radical (unpaired) electrons. The van der Waals surface area contributed by atoms with Crippen molar-refractivity contribution in [1.29, 1.82) is 0 Å². The van der Waals surface area contributed by atoms with Crippen molar-refractivity contribution in [3.05, 3.63) is 35.9 Å². The van der Waals surface area contributed by atoms with Crippen LogP contribution in [0.25, 0.3) is 0 Å². The summed E-state index contributed by atoms with van der Waals surface area (Å²) in [5, 5.41) is 0. The number of benzene rings is 1. The molecule has 19 heavy (non-hydrogen) atoms. The summed E-state index contributed by atoms with van der Waals surface area (Å²) in [4.78, 5) is 26.1. The first kappa shape index (κ1) is 15.4. The van der Waals surface area contributed by atoms with E-state index in [1.807, 2.05) is 30.3 Å². The summed E-state index contributed by atoms with van der Waals surface area (Å²) >= 11 is 3.34. The highest BCUT2D eigenvalue weighted by molar-refractivity contribution is 9.09. The molecule has 1 atom stereocenters. The van der Waals surface area contributed by atoms with Crippen LogP contribution in [0.2, 0.25) is 0 Å². The molecule has 1 rings (SSSR count). The molecule has 0 saturated carbocycles. The number of esters is 1. The van der Waals surface area contributed by atoms with Crippen molar-refractivity contribution in [3.8, 4) is 0 Å². The van der Waals surface area contributed by atoms with Gasteiger partial charge in [0.25, 0.3) is 0 Å². The van der Waals surface area contributed by atoms with E-state index in [0.717, 1.165) is 5.56 Å². The fourth-order valence-electron chi connectivity index (χ4n) is 1.33. The molecule has 0 N–H and O–H groups in total. The first-order chi connectivity index (χ1) is 9.10. The van der Waals surface area contributed by atoms with Gasteiger partial charge in [-0.05, 0) is 12.5 Å². The predicted molar refractivity (Wildman–Crippen MR) is 74.6 cm³/mol. The predicted octanol–water partition coefficient (Wildman–Crippen LogP) is 2.89. The van der Waals surface area contributed by atoms with E-state index in [-0.39, 0.29) is 12.3 Å². The second-order valence-corrected chi connectivity index (χ2v) is 4.38. The standard InChI is InChI=1S/C13H14BrNO4/c1-3-19-12(16)11(15-13(17)18-2)10(14)9-7-5-4-6-8-9/h4-8,10H,3H2,1-2H3/b15-11-. The molecule has 0 aliphatic rings. The van der Waals surface area contributed by atoms with Crippen LogP contribution in [0.15, 0.2) is 35.3 Å². The third-order valence-corrected chi connectivity index (χ3v) is 3.17. The number of amides is 1. The van der Waals surface area contributed by atoms with Crippen LogP contribution in [0, 0.1) is 0 Å². The average Bonchev–Trinajstić information content (AvgIpc) is 2.44. The maximum absolute atomic E-state index is 11.8. The van der Waals surface area contributed by atoms with E-state index >= 15 is 0 Å². The summed E-state index contributed by atoms with van der Waals surface area (Å²) in [7, 11) is 1.19. The Kier molecular flexibility index (Phi) is 6.21. The summed E-state index contributed by atoms with van der Waals surface area (Å²) < 4.78 is 9.32. The monoisotopic (exact) mass is 327 g/mol. The molecule has 5 nitrogen and oxygen atoms in total. The van der Waals surface area contributed by atoms with Gasteiger partial charge in [-0.25, -0.2) is 9.59 Å². The second kappa shape index (κ2) is 7.68. The zero-order valence-corrected chi connectivity index (χ0v) is 12.2. The number of hydrogen-bond donors (Lipinski definition) is 0. The van der Waals surface area contributed by atoms with Crippen molar-refractivity contribution in [2.45, 2.75) is 11.8 Å². The maximum atomic E-state index is 11.8. The zero-order valence-electron chi connectivity index (χ0n) is 10.6. The zero-order chi connectivity index (χ0) is 14.3. The molecule has 0 bridgehead atoms. The van der Waals surface area contributed by atoms with Crippen LogP contribution in [0.4, 0.5) is 4.79 Å². The lowest BCUT2D eigenvalue weighted by molar-refractivity contribution is -0.135. The summed E-state index contributed by atoms with van der Waals surface area (Å²) in [6.45, 7) is 1.88. The van der Waals surface area contributed by atoms with Gasteiger partial charge in [0.05, 0.1) is 18.5 Å². The number of ether oxygens (including phenoxy) is 2. The Morgan fingerprint density at radius 1 is 1.32 bits per heavy atom. The van der Waals surface area contributed by atoms with Gasteiger partial charge < -0.3 is 9.47 Å². The second-order valence-electron chi connectivity index (χ2n) is 3.46. The van der Waals surface area contributed by atoms with E-state index in [1.54, 1.807) is 6.92 Å². The van der Waals surface area contributed by atoms with Gasteiger partial charge in [-0.1, -0.05) is 46.3 Å². The molecule has 0 aliphatic heterocycles. The van der Waals surface area contributed by atoms with Crippen molar-refractivity contribution in [1.82, 2.24) is 0 Å². The largest absolute Gasteiger partial charge is 0.461 e. The molecule has 0 heterocycles. The Labute approximate surface area is 119 Å². The quantitative estimate of drug-likeness (QED) is 0.484. The van der Waals surface area contributed by atoms with Crippen LogP contribution in [-0.4, -0.2) is 31.5 Å². The highest BCUT2D eigenvalue weighted by Crippen LogP contribution is 2.25. The minimum absolute atomic E-state index is 0.0418. The van der Waals surface area contributed by atoms with E-state index in [2.05, 4.69) is 25.7 Å². The number of carbonyl (C=O) groups is 2. The van der Waals surface area contributed by atoms with Crippen molar-refractivity contribution in [2.75, 3.05) is 13.7 Å². The number of methoxy groups -OCH3 is 1. The molecule has 102 valence electrons. The van der Waals surface area contributed by atoms with Crippen molar-refractivity contribution >= 4 is 33.7 Å². The number of nitrogens with zero attached hydrogens (tertiary/aromatic N) is 1. The topological polar surface area (TPSA) is 65.0 Å². The van der Waals surface area contributed by atoms with E-state index in [0.29, 0.717) is 0 Å². The Hall–Kier alpha value is -1.69.